The topological polar surface area (TPSA) is 126 Å². The number of para-hydroxylation sites is 2. The summed E-state index contributed by atoms with van der Waals surface area (Å²) in [6.45, 7) is 8.05. The monoisotopic (exact) mass is 609 g/mol. The van der Waals surface area contributed by atoms with E-state index in [4.69, 9.17) is 14.2 Å². The van der Waals surface area contributed by atoms with Crippen molar-refractivity contribution in [1.29, 1.82) is 0 Å². The smallest absolute Gasteiger partial charge is 0.410 e. The maximum atomic E-state index is 14.0. The molecule has 0 aliphatic carbocycles. The molecular formula is C34H47N3O7. The van der Waals surface area contributed by atoms with Gasteiger partial charge in [0.25, 0.3) is 0 Å². The lowest BCUT2D eigenvalue weighted by Gasteiger charge is -2.41. The van der Waals surface area contributed by atoms with Crippen molar-refractivity contribution in [3.05, 3.63) is 59.7 Å². The molecule has 2 aromatic rings. The van der Waals surface area contributed by atoms with Gasteiger partial charge < -0.3 is 34.9 Å². The molecule has 2 aliphatic heterocycles. The molecule has 44 heavy (non-hydrogen) atoms. The Morgan fingerprint density at radius 2 is 1.59 bits per heavy atom. The summed E-state index contributed by atoms with van der Waals surface area (Å²) in [5.41, 5.74) is 0.729. The first-order chi connectivity index (χ1) is 21.0. The van der Waals surface area contributed by atoms with Gasteiger partial charge in [-0.1, -0.05) is 36.4 Å². The molecule has 3 amide bonds. The van der Waals surface area contributed by atoms with E-state index in [1.54, 1.807) is 34.8 Å². The van der Waals surface area contributed by atoms with E-state index < -0.39 is 35.0 Å². The number of nitrogens with zero attached hydrogens (tertiary/aromatic N) is 1. The molecule has 0 bridgehead atoms. The summed E-state index contributed by atoms with van der Waals surface area (Å²) in [6, 6.07) is 15.4. The standard InChI is InChI=1S/C34H47N3O7/c1-23(21-38)36-31(40)25-18-24(19-37(20-25)32(41)44-33(2,3)4)30(39)35-22-34(16-10-11-17-42-5)26-12-6-8-14-28(26)43-29-15-9-7-13-27(29)34/h6-9,12-15,23-25,38H,10-11,16-22H2,1-5H3,(H,35,39)(H,36,40)/t23-,24+,25-/m1/s1. The zero-order valence-corrected chi connectivity index (χ0v) is 26.6. The minimum Gasteiger partial charge on any atom is -0.457 e. The average molecular weight is 610 g/mol. The first kappa shape index (κ1) is 33.3. The van der Waals surface area contributed by atoms with Crippen LogP contribution in [-0.2, 0) is 24.5 Å². The Morgan fingerprint density at radius 1 is 1.00 bits per heavy atom. The number of ether oxygens (including phenoxy) is 3. The van der Waals surface area contributed by atoms with Crippen LogP contribution in [-0.4, -0.2) is 79.5 Å². The number of fused-ring (bicyclic) bond motifs is 2. The van der Waals surface area contributed by atoms with Gasteiger partial charge in [0.05, 0.1) is 18.4 Å². The van der Waals surface area contributed by atoms with Crippen LogP contribution in [0.1, 0.15) is 64.5 Å². The summed E-state index contributed by atoms with van der Waals surface area (Å²) in [5.74, 6) is -0.282. The third-order valence-corrected chi connectivity index (χ3v) is 8.30. The number of benzene rings is 2. The van der Waals surface area contributed by atoms with Gasteiger partial charge in [0.2, 0.25) is 11.8 Å². The molecule has 0 radical (unpaired) electrons. The van der Waals surface area contributed by atoms with Crippen LogP contribution in [0.4, 0.5) is 4.79 Å². The molecule has 240 valence electrons. The van der Waals surface area contributed by atoms with E-state index in [2.05, 4.69) is 22.8 Å². The van der Waals surface area contributed by atoms with Crippen LogP contribution in [0.3, 0.4) is 0 Å². The lowest BCUT2D eigenvalue weighted by molar-refractivity contribution is -0.132. The number of rotatable bonds is 11. The summed E-state index contributed by atoms with van der Waals surface area (Å²) >= 11 is 0. The average Bonchev–Trinajstić information content (AvgIpc) is 3.00. The van der Waals surface area contributed by atoms with Crippen molar-refractivity contribution in [2.75, 3.05) is 40.0 Å². The van der Waals surface area contributed by atoms with Crippen LogP contribution < -0.4 is 15.4 Å². The van der Waals surface area contributed by atoms with E-state index in [0.29, 0.717) is 13.2 Å². The molecule has 2 aliphatic rings. The van der Waals surface area contributed by atoms with E-state index in [1.165, 1.54) is 4.90 Å². The Balaban J connectivity index is 1.61. The van der Waals surface area contributed by atoms with E-state index in [1.807, 2.05) is 36.4 Å². The maximum Gasteiger partial charge on any atom is 0.410 e. The fourth-order valence-corrected chi connectivity index (χ4v) is 6.13. The van der Waals surface area contributed by atoms with Gasteiger partial charge in [-0.3, -0.25) is 9.59 Å². The Labute approximate surface area is 260 Å². The van der Waals surface area contributed by atoms with Crippen LogP contribution >= 0.6 is 0 Å². The number of hydrogen-bond donors (Lipinski definition) is 3. The third kappa shape index (κ3) is 7.90. The first-order valence-electron chi connectivity index (χ1n) is 15.5. The molecule has 2 heterocycles. The number of aliphatic hydroxyl groups excluding tert-OH is 1. The van der Waals surface area contributed by atoms with Gasteiger partial charge in [-0.05, 0) is 65.5 Å². The van der Waals surface area contributed by atoms with Gasteiger partial charge in [0, 0.05) is 55.9 Å². The van der Waals surface area contributed by atoms with Gasteiger partial charge >= 0.3 is 6.09 Å². The summed E-state index contributed by atoms with van der Waals surface area (Å²) in [7, 11) is 1.69. The Morgan fingerprint density at radius 3 is 2.16 bits per heavy atom. The fraction of sp³-hybridized carbons (Fsp3) is 0.559. The van der Waals surface area contributed by atoms with E-state index in [9.17, 15) is 19.5 Å². The number of methoxy groups -OCH3 is 1. The molecule has 10 nitrogen and oxygen atoms in total. The van der Waals surface area contributed by atoms with Crippen molar-refractivity contribution in [3.8, 4) is 11.5 Å². The number of unbranched alkanes of at least 4 members (excludes halogenated alkanes) is 1. The number of piperidine rings is 1. The van der Waals surface area contributed by atoms with E-state index in [0.717, 1.165) is 41.9 Å². The molecule has 3 N–H and O–H groups in total. The molecular weight excluding hydrogens is 562 g/mol. The number of amides is 3. The first-order valence-corrected chi connectivity index (χ1v) is 15.5. The highest BCUT2D eigenvalue weighted by atomic mass is 16.6. The summed E-state index contributed by atoms with van der Waals surface area (Å²) in [5, 5.41) is 15.5. The molecule has 1 fully saturated rings. The molecule has 3 atom stereocenters. The molecule has 0 saturated carbocycles. The highest BCUT2D eigenvalue weighted by Crippen LogP contribution is 2.50. The molecule has 4 rings (SSSR count). The van der Waals surface area contributed by atoms with Gasteiger partial charge in [-0.2, -0.15) is 0 Å². The van der Waals surface area contributed by atoms with E-state index in [-0.39, 0.29) is 37.9 Å². The van der Waals surface area contributed by atoms with Crippen LogP contribution in [0.25, 0.3) is 0 Å². The van der Waals surface area contributed by atoms with Crippen LogP contribution in [0.2, 0.25) is 0 Å². The van der Waals surface area contributed by atoms with Crippen molar-refractivity contribution in [1.82, 2.24) is 15.5 Å². The van der Waals surface area contributed by atoms with Gasteiger partial charge in [0.15, 0.2) is 0 Å². The van der Waals surface area contributed by atoms with Crippen LogP contribution in [0, 0.1) is 11.8 Å². The SMILES string of the molecule is COCCCCC1(CNC(=O)[C@H]2C[C@@H](C(=O)N[C@H](C)CO)CN(C(=O)OC(C)(C)C)C2)c2ccccc2Oc2ccccc21. The highest BCUT2D eigenvalue weighted by Gasteiger charge is 2.44. The Hall–Kier alpha value is -3.63. The molecule has 2 aromatic carbocycles. The lowest BCUT2D eigenvalue weighted by Crippen LogP contribution is -2.54. The van der Waals surface area contributed by atoms with Gasteiger partial charge in [-0.15, -0.1) is 0 Å². The van der Waals surface area contributed by atoms with E-state index >= 15 is 0 Å². The second-order valence-electron chi connectivity index (χ2n) is 13.0. The van der Waals surface area contributed by atoms with Crippen molar-refractivity contribution in [3.63, 3.8) is 0 Å². The summed E-state index contributed by atoms with van der Waals surface area (Å²) in [4.78, 5) is 41.7. The Bertz CT molecular complexity index is 1260. The van der Waals surface area contributed by atoms with Crippen LogP contribution in [0.5, 0.6) is 11.5 Å². The van der Waals surface area contributed by atoms with Gasteiger partial charge in [-0.25, -0.2) is 4.79 Å². The zero-order chi connectivity index (χ0) is 31.9. The second kappa shape index (κ2) is 14.4. The quantitative estimate of drug-likeness (QED) is 0.323. The summed E-state index contributed by atoms with van der Waals surface area (Å²) in [6.07, 6.45) is 2.20. The van der Waals surface area contributed by atoms with Crippen molar-refractivity contribution >= 4 is 17.9 Å². The molecule has 0 aromatic heterocycles. The van der Waals surface area contributed by atoms with Gasteiger partial charge in [0.1, 0.15) is 17.1 Å². The normalized spacial score (nSPS) is 19.5. The molecule has 0 unspecified atom stereocenters. The minimum atomic E-state index is -0.728. The minimum absolute atomic E-state index is 0.129. The lowest BCUT2D eigenvalue weighted by atomic mass is 9.69. The highest BCUT2D eigenvalue weighted by molar-refractivity contribution is 5.84. The van der Waals surface area contributed by atoms with Crippen molar-refractivity contribution in [2.24, 2.45) is 11.8 Å². The largest absolute Gasteiger partial charge is 0.457 e. The summed E-state index contributed by atoms with van der Waals surface area (Å²) < 4.78 is 17.2. The third-order valence-electron chi connectivity index (χ3n) is 8.30. The Kier molecular flexibility index (Phi) is 10.9. The number of nitrogens with one attached hydrogen (secondary N) is 2. The number of hydrogen-bond acceptors (Lipinski definition) is 7. The number of carbonyl (C=O) groups is 3. The van der Waals surface area contributed by atoms with Crippen molar-refractivity contribution in [2.45, 2.75) is 70.4 Å². The maximum absolute atomic E-state index is 14.0. The fourth-order valence-electron chi connectivity index (χ4n) is 6.13. The number of carbonyl (C=O) groups excluding carboxylic acids is 3. The van der Waals surface area contributed by atoms with Crippen molar-refractivity contribution < 1.29 is 33.7 Å². The molecule has 10 heteroatoms. The zero-order valence-electron chi connectivity index (χ0n) is 26.6. The van der Waals surface area contributed by atoms with Crippen LogP contribution in [0.15, 0.2) is 48.5 Å². The molecule has 1 saturated heterocycles. The number of aliphatic hydroxyl groups is 1. The number of likely N-dealkylation sites (tertiary alicyclic amines) is 1. The second-order valence-corrected chi connectivity index (χ2v) is 13.0. The molecule has 0 spiro atoms. The predicted molar refractivity (Wildman–Crippen MR) is 167 cm³/mol. The predicted octanol–water partition coefficient (Wildman–Crippen LogP) is 4.38.